The largest absolute Gasteiger partial charge is 0.352 e. The highest BCUT2D eigenvalue weighted by molar-refractivity contribution is 7.92. The van der Waals surface area contributed by atoms with E-state index in [1.54, 1.807) is 24.3 Å². The molecule has 3 rings (SSSR count). The predicted molar refractivity (Wildman–Crippen MR) is 150 cm³/mol. The summed E-state index contributed by atoms with van der Waals surface area (Å²) < 4.78 is 26.4. The maximum absolute atomic E-state index is 13.8. The van der Waals surface area contributed by atoms with E-state index in [-0.39, 0.29) is 34.2 Å². The number of benzene rings is 2. The van der Waals surface area contributed by atoms with Gasteiger partial charge in [0.05, 0.1) is 17.0 Å². The first-order valence-corrected chi connectivity index (χ1v) is 15.3. The van der Waals surface area contributed by atoms with Gasteiger partial charge >= 0.3 is 0 Å². The molecular formula is C26H32Cl3N3O4S. The average Bonchev–Trinajstić information content (AvgIpc) is 2.85. The van der Waals surface area contributed by atoms with E-state index in [0.717, 1.165) is 42.7 Å². The van der Waals surface area contributed by atoms with Crippen LogP contribution < -0.4 is 9.62 Å². The molecule has 2 aromatic rings. The minimum absolute atomic E-state index is 0.0377. The van der Waals surface area contributed by atoms with Gasteiger partial charge in [0.25, 0.3) is 0 Å². The molecule has 0 unspecified atom stereocenters. The maximum atomic E-state index is 13.8. The summed E-state index contributed by atoms with van der Waals surface area (Å²) in [6.07, 6.45) is 6.37. The summed E-state index contributed by atoms with van der Waals surface area (Å²) in [5.74, 6) is -0.825. The van der Waals surface area contributed by atoms with Gasteiger partial charge in [0, 0.05) is 22.6 Å². The summed E-state index contributed by atoms with van der Waals surface area (Å²) in [4.78, 5) is 28.6. The fraction of sp³-hybridized carbons (Fsp3) is 0.462. The molecule has 1 aliphatic rings. The van der Waals surface area contributed by atoms with Crippen molar-refractivity contribution in [3.63, 3.8) is 0 Å². The van der Waals surface area contributed by atoms with Crippen LogP contribution in [-0.4, -0.2) is 50.0 Å². The highest BCUT2D eigenvalue weighted by Crippen LogP contribution is 2.31. The number of rotatable bonds is 10. The fourth-order valence-corrected chi connectivity index (χ4v) is 6.03. The maximum Gasteiger partial charge on any atom is 0.244 e. The van der Waals surface area contributed by atoms with Crippen molar-refractivity contribution in [1.82, 2.24) is 10.2 Å². The van der Waals surface area contributed by atoms with Crippen molar-refractivity contribution in [2.24, 2.45) is 0 Å². The number of amides is 2. The van der Waals surface area contributed by atoms with Crippen LogP contribution in [0.1, 0.15) is 51.0 Å². The van der Waals surface area contributed by atoms with Gasteiger partial charge in [-0.2, -0.15) is 0 Å². The van der Waals surface area contributed by atoms with Gasteiger partial charge in [0.1, 0.15) is 12.6 Å². The van der Waals surface area contributed by atoms with Gasteiger partial charge in [-0.15, -0.1) is 0 Å². The van der Waals surface area contributed by atoms with E-state index in [9.17, 15) is 18.0 Å². The molecule has 1 aliphatic carbocycles. The van der Waals surface area contributed by atoms with Gasteiger partial charge < -0.3 is 10.2 Å². The van der Waals surface area contributed by atoms with Crippen molar-refractivity contribution >= 4 is 62.3 Å². The van der Waals surface area contributed by atoms with Gasteiger partial charge in [-0.3, -0.25) is 13.9 Å². The summed E-state index contributed by atoms with van der Waals surface area (Å²) in [6, 6.07) is 10.7. The Balaban J connectivity index is 1.95. The van der Waals surface area contributed by atoms with Gasteiger partial charge in [-0.05, 0) is 49.1 Å². The highest BCUT2D eigenvalue weighted by Gasteiger charge is 2.33. The fourth-order valence-electron chi connectivity index (χ4n) is 4.55. The first kappa shape index (κ1) is 29.6. The smallest absolute Gasteiger partial charge is 0.244 e. The molecule has 202 valence electrons. The van der Waals surface area contributed by atoms with Crippen molar-refractivity contribution in [1.29, 1.82) is 0 Å². The Morgan fingerprint density at radius 3 is 2.32 bits per heavy atom. The van der Waals surface area contributed by atoms with E-state index in [4.69, 9.17) is 34.8 Å². The van der Waals surface area contributed by atoms with E-state index in [2.05, 4.69) is 5.32 Å². The van der Waals surface area contributed by atoms with E-state index in [0.29, 0.717) is 17.0 Å². The summed E-state index contributed by atoms with van der Waals surface area (Å²) in [6.45, 7) is 1.30. The molecule has 0 bridgehead atoms. The first-order valence-electron chi connectivity index (χ1n) is 12.3. The van der Waals surface area contributed by atoms with E-state index in [1.165, 1.54) is 23.1 Å². The Kier molecular flexibility index (Phi) is 10.5. The number of carbonyl (C=O) groups is 2. The first-order chi connectivity index (χ1) is 17.5. The van der Waals surface area contributed by atoms with Crippen molar-refractivity contribution in [3.05, 3.63) is 63.1 Å². The molecule has 11 heteroatoms. The van der Waals surface area contributed by atoms with Crippen molar-refractivity contribution in [3.8, 4) is 0 Å². The minimum Gasteiger partial charge on any atom is -0.352 e. The van der Waals surface area contributed by atoms with Crippen LogP contribution in [-0.2, 0) is 26.2 Å². The Hall–Kier alpha value is -2.00. The lowest BCUT2D eigenvalue weighted by atomic mass is 9.95. The number of anilines is 1. The van der Waals surface area contributed by atoms with E-state index < -0.39 is 28.5 Å². The van der Waals surface area contributed by atoms with Crippen molar-refractivity contribution in [2.75, 3.05) is 17.1 Å². The molecule has 2 aromatic carbocycles. The Labute approximate surface area is 234 Å². The summed E-state index contributed by atoms with van der Waals surface area (Å²) >= 11 is 18.8. The van der Waals surface area contributed by atoms with Gasteiger partial charge in [-0.1, -0.05) is 79.2 Å². The van der Waals surface area contributed by atoms with Crippen LogP contribution in [0.25, 0.3) is 0 Å². The molecule has 1 fully saturated rings. The number of hydrogen-bond donors (Lipinski definition) is 1. The monoisotopic (exact) mass is 587 g/mol. The lowest BCUT2D eigenvalue weighted by molar-refractivity contribution is -0.140. The molecule has 37 heavy (non-hydrogen) atoms. The zero-order valence-electron chi connectivity index (χ0n) is 20.9. The Bertz CT molecular complexity index is 1220. The van der Waals surface area contributed by atoms with Crippen molar-refractivity contribution in [2.45, 2.75) is 64.1 Å². The van der Waals surface area contributed by atoms with Gasteiger partial charge in [0.2, 0.25) is 21.8 Å². The Morgan fingerprint density at radius 1 is 1.03 bits per heavy atom. The van der Waals surface area contributed by atoms with Crippen LogP contribution in [0.3, 0.4) is 0 Å². The molecule has 0 saturated heterocycles. The van der Waals surface area contributed by atoms with Gasteiger partial charge in [-0.25, -0.2) is 8.42 Å². The number of carbonyl (C=O) groups excluding carboxylic acids is 2. The third-order valence-corrected chi connectivity index (χ3v) is 8.54. The number of hydrogen-bond acceptors (Lipinski definition) is 4. The Morgan fingerprint density at radius 2 is 1.70 bits per heavy atom. The van der Waals surface area contributed by atoms with Crippen LogP contribution in [0.2, 0.25) is 15.1 Å². The highest BCUT2D eigenvalue weighted by atomic mass is 35.5. The lowest BCUT2D eigenvalue weighted by Gasteiger charge is -2.34. The normalized spacial score (nSPS) is 15.2. The molecule has 1 saturated carbocycles. The molecule has 0 aromatic heterocycles. The second-order valence-electron chi connectivity index (χ2n) is 9.25. The summed E-state index contributed by atoms with van der Waals surface area (Å²) in [5.41, 5.74) is 0.732. The van der Waals surface area contributed by atoms with E-state index >= 15 is 0 Å². The standard InChI is InChI=1S/C26H32Cl3N3O4S/c1-3-23(26(34)30-20-10-5-4-6-11-20)31(16-18-9-7-8-12-21(18)28)25(33)17-32(37(2,35)36)24-15-19(27)13-14-22(24)29/h7-9,12-15,20,23H,3-6,10-11,16-17H2,1-2H3,(H,30,34)/t23-/m0/s1. The summed E-state index contributed by atoms with van der Waals surface area (Å²) in [7, 11) is -3.93. The predicted octanol–water partition coefficient (Wildman–Crippen LogP) is 5.67. The second kappa shape index (κ2) is 13.2. The number of nitrogens with one attached hydrogen (secondary N) is 1. The van der Waals surface area contributed by atoms with Crippen LogP contribution in [0, 0.1) is 0 Å². The topological polar surface area (TPSA) is 86.8 Å². The molecule has 1 atom stereocenters. The van der Waals surface area contributed by atoms with Crippen LogP contribution in [0.4, 0.5) is 5.69 Å². The quantitative estimate of drug-likeness (QED) is 0.388. The molecule has 7 nitrogen and oxygen atoms in total. The second-order valence-corrected chi connectivity index (χ2v) is 12.4. The molecule has 0 aliphatic heterocycles. The third kappa shape index (κ3) is 7.99. The molecule has 2 amide bonds. The zero-order chi connectivity index (χ0) is 27.2. The van der Waals surface area contributed by atoms with Gasteiger partial charge in [0.15, 0.2) is 0 Å². The molecule has 1 N–H and O–H groups in total. The zero-order valence-corrected chi connectivity index (χ0v) is 24.0. The molecule has 0 spiro atoms. The van der Waals surface area contributed by atoms with Crippen LogP contribution in [0.5, 0.6) is 0 Å². The SMILES string of the molecule is CC[C@@H](C(=O)NC1CCCCC1)N(Cc1ccccc1Cl)C(=O)CN(c1cc(Cl)ccc1Cl)S(C)(=O)=O. The van der Waals surface area contributed by atoms with Crippen molar-refractivity contribution < 1.29 is 18.0 Å². The number of nitrogens with zero attached hydrogens (tertiary/aromatic N) is 2. The minimum atomic E-state index is -3.93. The number of sulfonamides is 1. The number of halogens is 3. The molecular weight excluding hydrogens is 557 g/mol. The lowest BCUT2D eigenvalue weighted by Crippen LogP contribution is -2.54. The molecule has 0 heterocycles. The average molecular weight is 589 g/mol. The van der Waals surface area contributed by atoms with Crippen LogP contribution in [0.15, 0.2) is 42.5 Å². The third-order valence-electron chi connectivity index (χ3n) is 6.49. The summed E-state index contributed by atoms with van der Waals surface area (Å²) in [5, 5.41) is 3.94. The molecule has 0 radical (unpaired) electrons. The van der Waals surface area contributed by atoms with Crippen LogP contribution >= 0.6 is 34.8 Å². The van der Waals surface area contributed by atoms with E-state index in [1.807, 2.05) is 6.92 Å².